The van der Waals surface area contributed by atoms with Gasteiger partial charge in [-0.3, -0.25) is 4.79 Å². The molecule has 3 aromatic heterocycles. The van der Waals surface area contributed by atoms with E-state index in [0.717, 1.165) is 4.88 Å². The van der Waals surface area contributed by atoms with Crippen molar-refractivity contribution in [1.29, 1.82) is 0 Å². The van der Waals surface area contributed by atoms with Gasteiger partial charge in [-0.15, -0.1) is 11.3 Å². The second kappa shape index (κ2) is 6.31. The number of alkyl halides is 3. The van der Waals surface area contributed by atoms with E-state index in [4.69, 9.17) is 0 Å². The molecule has 0 N–H and O–H groups in total. The zero-order valence-corrected chi connectivity index (χ0v) is 13.9. The van der Waals surface area contributed by atoms with E-state index in [0.29, 0.717) is 17.1 Å². The molecule has 132 valence electrons. The van der Waals surface area contributed by atoms with Gasteiger partial charge in [0.2, 0.25) is 5.82 Å². The minimum absolute atomic E-state index is 0.126. The first-order chi connectivity index (χ1) is 11.8. The number of carbonyl (C=O) groups excluding carboxylic acids is 1. The molecule has 0 aliphatic rings. The van der Waals surface area contributed by atoms with Gasteiger partial charge >= 0.3 is 12.1 Å². The smallest absolute Gasteiger partial charge is 0.343 e. The van der Waals surface area contributed by atoms with Gasteiger partial charge in [0, 0.05) is 19.0 Å². The lowest BCUT2D eigenvalue weighted by Gasteiger charge is -2.11. The Morgan fingerprint density at radius 1 is 1.36 bits per heavy atom. The quantitative estimate of drug-likeness (QED) is 0.705. The highest BCUT2D eigenvalue weighted by Crippen LogP contribution is 2.32. The lowest BCUT2D eigenvalue weighted by molar-refractivity contribution is -0.159. The Bertz CT molecular complexity index is 896. The van der Waals surface area contributed by atoms with Crippen LogP contribution in [0.4, 0.5) is 13.2 Å². The molecule has 0 saturated carbocycles. The van der Waals surface area contributed by atoms with Crippen molar-refractivity contribution in [3.8, 4) is 10.7 Å². The van der Waals surface area contributed by atoms with Gasteiger partial charge < -0.3 is 14.0 Å². The van der Waals surface area contributed by atoms with Crippen LogP contribution in [0.5, 0.6) is 0 Å². The lowest BCUT2D eigenvalue weighted by atomic mass is 10.3. The first kappa shape index (κ1) is 17.1. The van der Waals surface area contributed by atoms with Crippen molar-refractivity contribution in [2.75, 3.05) is 14.1 Å². The summed E-state index contributed by atoms with van der Waals surface area (Å²) in [5.74, 6) is -1.70. The molecule has 0 saturated heterocycles. The Kier molecular flexibility index (Phi) is 4.33. The van der Waals surface area contributed by atoms with Crippen molar-refractivity contribution >= 4 is 17.2 Å². The maximum atomic E-state index is 12.5. The summed E-state index contributed by atoms with van der Waals surface area (Å²) in [4.78, 5) is 22.1. The van der Waals surface area contributed by atoms with Crippen LogP contribution < -0.4 is 0 Å². The van der Waals surface area contributed by atoms with E-state index in [2.05, 4.69) is 19.6 Å². The maximum Gasteiger partial charge on any atom is 0.471 e. The van der Waals surface area contributed by atoms with Crippen LogP contribution in [0.1, 0.15) is 21.3 Å². The Morgan fingerprint density at radius 2 is 2.12 bits per heavy atom. The van der Waals surface area contributed by atoms with Crippen LogP contribution in [0.25, 0.3) is 10.7 Å². The zero-order valence-electron chi connectivity index (χ0n) is 13.1. The fourth-order valence-corrected chi connectivity index (χ4v) is 2.98. The molecule has 3 heterocycles. The van der Waals surface area contributed by atoms with E-state index in [1.165, 1.54) is 28.8 Å². The molecule has 11 heteroatoms. The summed E-state index contributed by atoms with van der Waals surface area (Å²) in [5.41, 5.74) is 0.416. The molecule has 0 unspecified atom stereocenters. The van der Waals surface area contributed by atoms with Gasteiger partial charge in [-0.25, -0.2) is 4.98 Å². The highest BCUT2D eigenvalue weighted by molar-refractivity contribution is 7.15. The van der Waals surface area contributed by atoms with Crippen molar-refractivity contribution < 1.29 is 22.5 Å². The molecular weight excluding hydrogens is 359 g/mol. The van der Waals surface area contributed by atoms with Crippen molar-refractivity contribution in [1.82, 2.24) is 24.6 Å². The third kappa shape index (κ3) is 3.55. The number of hydrogen-bond acceptors (Lipinski definition) is 6. The number of amides is 1. The summed E-state index contributed by atoms with van der Waals surface area (Å²) >= 11 is 1.21. The van der Waals surface area contributed by atoms with Crippen molar-refractivity contribution in [2.45, 2.75) is 12.7 Å². The summed E-state index contributed by atoms with van der Waals surface area (Å²) in [6.45, 7) is 0.351. The van der Waals surface area contributed by atoms with Gasteiger partial charge in [0.05, 0.1) is 23.9 Å². The molecule has 0 aliphatic carbocycles. The minimum atomic E-state index is -4.68. The van der Waals surface area contributed by atoms with Crippen LogP contribution >= 0.6 is 11.3 Å². The van der Waals surface area contributed by atoms with Crippen LogP contribution in [-0.4, -0.2) is 44.6 Å². The predicted molar refractivity (Wildman–Crippen MR) is 82.0 cm³/mol. The largest absolute Gasteiger partial charge is 0.471 e. The predicted octanol–water partition coefficient (Wildman–Crippen LogP) is 2.76. The first-order valence-electron chi connectivity index (χ1n) is 6.97. The molecule has 1 amide bonds. The highest BCUT2D eigenvalue weighted by Gasteiger charge is 2.38. The van der Waals surface area contributed by atoms with E-state index < -0.39 is 12.1 Å². The summed E-state index contributed by atoms with van der Waals surface area (Å²) in [6, 6.07) is 3.34. The molecule has 0 aliphatic heterocycles. The number of imidazole rings is 1. The lowest BCUT2D eigenvalue weighted by Crippen LogP contribution is -2.24. The second-order valence-electron chi connectivity index (χ2n) is 5.29. The Labute approximate surface area is 143 Å². The average Bonchev–Trinajstić information content (AvgIpc) is 3.26. The van der Waals surface area contributed by atoms with Gasteiger partial charge in [-0.2, -0.15) is 18.2 Å². The molecule has 7 nitrogen and oxygen atoms in total. The number of aromatic nitrogens is 4. The van der Waals surface area contributed by atoms with E-state index >= 15 is 0 Å². The zero-order chi connectivity index (χ0) is 18.2. The van der Waals surface area contributed by atoms with Gasteiger partial charge in [-0.1, -0.05) is 5.16 Å². The summed E-state index contributed by atoms with van der Waals surface area (Å²) in [5, 5.41) is 3.36. The molecule has 25 heavy (non-hydrogen) atoms. The normalized spacial score (nSPS) is 11.7. The highest BCUT2D eigenvalue weighted by atomic mass is 32.1. The molecule has 0 bridgehead atoms. The SMILES string of the molecule is CN(C)C(=O)c1cncn1Cc1ccc(-c2noc(C(F)(F)F)n2)s1. The van der Waals surface area contributed by atoms with Crippen LogP contribution in [0, 0.1) is 0 Å². The Hall–Kier alpha value is -2.69. The summed E-state index contributed by atoms with van der Waals surface area (Å²) < 4.78 is 43.5. The van der Waals surface area contributed by atoms with Crippen LogP contribution in [0.15, 0.2) is 29.2 Å². The molecule has 0 fully saturated rings. The first-order valence-corrected chi connectivity index (χ1v) is 7.79. The molecule has 0 radical (unpaired) electrons. The van der Waals surface area contributed by atoms with Crippen molar-refractivity contribution in [3.63, 3.8) is 0 Å². The maximum absolute atomic E-state index is 12.5. The fraction of sp³-hybridized carbons (Fsp3) is 0.286. The number of nitrogens with zero attached hydrogens (tertiary/aromatic N) is 5. The summed E-state index contributed by atoms with van der Waals surface area (Å²) in [7, 11) is 3.27. The van der Waals surface area contributed by atoms with Gasteiger partial charge in [-0.05, 0) is 12.1 Å². The minimum Gasteiger partial charge on any atom is -0.343 e. The third-order valence-corrected chi connectivity index (χ3v) is 4.28. The topological polar surface area (TPSA) is 77.0 Å². The number of hydrogen-bond donors (Lipinski definition) is 0. The molecule has 0 aromatic carbocycles. The van der Waals surface area contributed by atoms with E-state index in [1.54, 1.807) is 30.8 Å². The number of thiophene rings is 1. The van der Waals surface area contributed by atoms with Crippen molar-refractivity contribution in [2.24, 2.45) is 0 Å². The fourth-order valence-electron chi connectivity index (χ4n) is 2.04. The van der Waals surface area contributed by atoms with Gasteiger partial charge in [0.1, 0.15) is 5.69 Å². The van der Waals surface area contributed by atoms with E-state index in [-0.39, 0.29) is 11.7 Å². The van der Waals surface area contributed by atoms with Gasteiger partial charge in [0.15, 0.2) is 0 Å². The summed E-state index contributed by atoms with van der Waals surface area (Å²) in [6.07, 6.45) is -1.69. The third-order valence-electron chi connectivity index (χ3n) is 3.21. The van der Waals surface area contributed by atoms with Crippen LogP contribution in [0.2, 0.25) is 0 Å². The van der Waals surface area contributed by atoms with Crippen LogP contribution in [-0.2, 0) is 12.7 Å². The van der Waals surface area contributed by atoms with Gasteiger partial charge in [0.25, 0.3) is 5.91 Å². The molecule has 0 atom stereocenters. The van der Waals surface area contributed by atoms with E-state index in [9.17, 15) is 18.0 Å². The number of carbonyl (C=O) groups is 1. The monoisotopic (exact) mass is 371 g/mol. The number of halogens is 3. The molecule has 3 rings (SSSR count). The Balaban J connectivity index is 1.80. The average molecular weight is 371 g/mol. The standard InChI is InChI=1S/C14H12F3N5O2S/c1-21(2)12(23)9-5-18-7-22(9)6-8-3-4-10(25-8)11-19-13(24-20-11)14(15,16)17/h3-5,7H,6H2,1-2H3. The van der Waals surface area contributed by atoms with Crippen molar-refractivity contribution in [3.05, 3.63) is 41.1 Å². The van der Waals surface area contributed by atoms with E-state index in [1.807, 2.05) is 0 Å². The Morgan fingerprint density at radius 3 is 2.76 bits per heavy atom. The number of rotatable bonds is 4. The second-order valence-corrected chi connectivity index (χ2v) is 6.46. The molecule has 0 spiro atoms. The molecular formula is C14H12F3N5O2S. The molecule has 3 aromatic rings. The van der Waals surface area contributed by atoms with Crippen LogP contribution in [0.3, 0.4) is 0 Å².